The van der Waals surface area contributed by atoms with Crippen LogP contribution in [0, 0.1) is 0 Å². The van der Waals surface area contributed by atoms with Gasteiger partial charge in [0.1, 0.15) is 0 Å². The second-order valence-electron chi connectivity index (χ2n) is 3.83. The standard InChI is InChI=1S/C8H20Br2OS2/c1-12(2,9)7-5-11-6-8-13(3,4)10/h5-8H2,1-4H3. The highest BCUT2D eigenvalue weighted by atomic mass is 79.9. The van der Waals surface area contributed by atoms with E-state index in [0.717, 1.165) is 24.7 Å². The first-order valence-corrected chi connectivity index (χ1v) is 13.0. The van der Waals surface area contributed by atoms with E-state index in [0.29, 0.717) is 0 Å². The van der Waals surface area contributed by atoms with Crippen molar-refractivity contribution in [3.63, 3.8) is 0 Å². The molecule has 0 saturated heterocycles. The Morgan fingerprint density at radius 2 is 1.15 bits per heavy atom. The molecule has 0 aliphatic carbocycles. The summed E-state index contributed by atoms with van der Waals surface area (Å²) in [5.74, 6) is 2.29. The van der Waals surface area contributed by atoms with Crippen molar-refractivity contribution in [1.29, 1.82) is 0 Å². The molecule has 0 aliphatic rings. The highest BCUT2D eigenvalue weighted by Gasteiger charge is 2.08. The molecule has 0 aromatic rings. The third kappa shape index (κ3) is 13.6. The van der Waals surface area contributed by atoms with Crippen LogP contribution in [0.5, 0.6) is 0 Å². The number of halogens is 2. The summed E-state index contributed by atoms with van der Waals surface area (Å²) < 4.78 is 5.57. The zero-order valence-electron chi connectivity index (χ0n) is 8.81. The number of hydrogen-bond acceptors (Lipinski definition) is 1. The van der Waals surface area contributed by atoms with Crippen LogP contribution in [0.2, 0.25) is 0 Å². The molecule has 5 heteroatoms. The van der Waals surface area contributed by atoms with Crippen molar-refractivity contribution in [2.24, 2.45) is 0 Å². The van der Waals surface area contributed by atoms with Gasteiger partial charge < -0.3 is 4.74 Å². The minimum Gasteiger partial charge on any atom is -0.380 e. The summed E-state index contributed by atoms with van der Waals surface area (Å²) in [6.45, 7) is 1.77. The maximum atomic E-state index is 5.57. The molecule has 1 nitrogen and oxygen atoms in total. The maximum Gasteiger partial charge on any atom is 0.0549 e. The molecule has 0 aromatic carbocycles. The average Bonchev–Trinajstić information content (AvgIpc) is 1.81. The van der Waals surface area contributed by atoms with E-state index in [1.807, 2.05) is 0 Å². The topological polar surface area (TPSA) is 9.23 Å². The molecular formula is C8H20Br2OS2. The summed E-state index contributed by atoms with van der Waals surface area (Å²) in [4.78, 5) is 0. The molecule has 0 atom stereocenters. The van der Waals surface area contributed by atoms with Crippen LogP contribution in [0.25, 0.3) is 0 Å². The fourth-order valence-corrected chi connectivity index (χ4v) is 2.44. The van der Waals surface area contributed by atoms with Crippen LogP contribution in [-0.2, 0) is 4.74 Å². The molecule has 0 spiro atoms. The van der Waals surface area contributed by atoms with Gasteiger partial charge in [0.25, 0.3) is 0 Å². The van der Waals surface area contributed by atoms with Gasteiger partial charge in [0.2, 0.25) is 0 Å². The Morgan fingerprint density at radius 1 is 0.846 bits per heavy atom. The second kappa shape index (κ2) is 6.26. The molecule has 0 rings (SSSR count). The number of rotatable bonds is 6. The normalized spacial score (nSPS) is 15.8. The van der Waals surface area contributed by atoms with Gasteiger partial charge in [-0.25, -0.2) is 0 Å². The van der Waals surface area contributed by atoms with Crippen LogP contribution in [0.4, 0.5) is 0 Å². The van der Waals surface area contributed by atoms with E-state index < -0.39 is 16.9 Å². The van der Waals surface area contributed by atoms with Crippen molar-refractivity contribution in [1.82, 2.24) is 0 Å². The smallest absolute Gasteiger partial charge is 0.0549 e. The Balaban J connectivity index is 3.28. The molecule has 0 bridgehead atoms. The van der Waals surface area contributed by atoms with Crippen molar-refractivity contribution in [3.05, 3.63) is 0 Å². The molecule has 13 heavy (non-hydrogen) atoms. The van der Waals surface area contributed by atoms with E-state index in [-0.39, 0.29) is 0 Å². The second-order valence-corrected chi connectivity index (χ2v) is 20.8. The third-order valence-electron chi connectivity index (χ3n) is 1.43. The van der Waals surface area contributed by atoms with Gasteiger partial charge in [0.05, 0.1) is 13.2 Å². The monoisotopic (exact) mass is 354 g/mol. The Labute approximate surface area is 100 Å². The lowest BCUT2D eigenvalue weighted by molar-refractivity contribution is 0.167. The molecule has 84 valence electrons. The third-order valence-corrected chi connectivity index (χ3v) is 5.64. The van der Waals surface area contributed by atoms with Crippen LogP contribution in [0.1, 0.15) is 0 Å². The van der Waals surface area contributed by atoms with Crippen molar-refractivity contribution >= 4 is 46.5 Å². The minimum atomic E-state index is -0.557. The van der Waals surface area contributed by atoms with Gasteiger partial charge in [0.15, 0.2) is 0 Å². The first-order valence-electron chi connectivity index (χ1n) is 4.10. The maximum absolute atomic E-state index is 5.57. The first-order chi connectivity index (χ1) is 5.71. The summed E-state index contributed by atoms with van der Waals surface area (Å²) in [5, 5.41) is 0. The predicted molar refractivity (Wildman–Crippen MR) is 77.3 cm³/mol. The van der Waals surface area contributed by atoms with E-state index in [1.165, 1.54) is 0 Å². The van der Waals surface area contributed by atoms with E-state index in [4.69, 9.17) is 4.74 Å². The summed E-state index contributed by atoms with van der Waals surface area (Å²) in [6, 6.07) is 0. The Kier molecular flexibility index (Phi) is 7.04. The lowest BCUT2D eigenvalue weighted by Gasteiger charge is -2.24. The zero-order chi connectivity index (χ0) is 10.5. The predicted octanol–water partition coefficient (Wildman–Crippen LogP) is 3.75. The van der Waals surface area contributed by atoms with Crippen molar-refractivity contribution < 1.29 is 4.74 Å². The van der Waals surface area contributed by atoms with Gasteiger partial charge in [-0.2, -0.15) is 16.9 Å². The summed E-state index contributed by atoms with van der Waals surface area (Å²) in [6.07, 6.45) is 8.98. The van der Waals surface area contributed by atoms with Crippen molar-refractivity contribution in [3.8, 4) is 0 Å². The molecule has 0 unspecified atom stereocenters. The largest absolute Gasteiger partial charge is 0.380 e. The van der Waals surface area contributed by atoms with Gasteiger partial charge in [0, 0.05) is 11.5 Å². The number of ether oxygens (including phenoxy) is 1. The van der Waals surface area contributed by atoms with Gasteiger partial charge in [-0.3, -0.25) is 0 Å². The van der Waals surface area contributed by atoms with Crippen LogP contribution in [0.3, 0.4) is 0 Å². The van der Waals surface area contributed by atoms with E-state index in [2.05, 4.69) is 54.6 Å². The van der Waals surface area contributed by atoms with Gasteiger partial charge in [-0.15, -0.1) is 0 Å². The summed E-state index contributed by atoms with van der Waals surface area (Å²) in [7, 11) is -1.11. The first kappa shape index (κ1) is 14.6. The zero-order valence-corrected chi connectivity index (χ0v) is 13.6. The SMILES string of the molecule is CS(C)(Br)CCOCCS(C)(C)Br. The van der Waals surface area contributed by atoms with Crippen LogP contribution >= 0.6 is 46.5 Å². The Bertz CT molecular complexity index is 124. The van der Waals surface area contributed by atoms with Crippen molar-refractivity contribution in [2.75, 3.05) is 49.7 Å². The summed E-state index contributed by atoms with van der Waals surface area (Å²) >= 11 is 7.34. The molecule has 0 amide bonds. The molecule has 0 fully saturated rings. The molecular weight excluding hydrogens is 336 g/mol. The van der Waals surface area contributed by atoms with E-state index in [1.54, 1.807) is 0 Å². The molecule has 0 radical (unpaired) electrons. The lowest BCUT2D eigenvalue weighted by Crippen LogP contribution is -2.08. The average molecular weight is 356 g/mol. The van der Waals surface area contributed by atoms with E-state index >= 15 is 0 Å². The minimum absolute atomic E-state index is 0.557. The molecule has 0 aliphatic heterocycles. The highest BCUT2D eigenvalue weighted by Crippen LogP contribution is 2.48. The lowest BCUT2D eigenvalue weighted by atomic mass is 10.8. The molecule has 0 aromatic heterocycles. The van der Waals surface area contributed by atoms with Gasteiger partial charge in [-0.1, -0.05) is 0 Å². The molecule has 0 heterocycles. The van der Waals surface area contributed by atoms with Crippen molar-refractivity contribution in [2.45, 2.75) is 0 Å². The van der Waals surface area contributed by atoms with E-state index in [9.17, 15) is 0 Å². The van der Waals surface area contributed by atoms with Gasteiger partial charge in [-0.05, 0) is 54.6 Å². The summed E-state index contributed by atoms with van der Waals surface area (Å²) in [5.41, 5.74) is 0. The quantitative estimate of drug-likeness (QED) is 0.659. The highest BCUT2D eigenvalue weighted by molar-refractivity contribution is 9.58. The fraction of sp³-hybridized carbons (Fsp3) is 1.00. The van der Waals surface area contributed by atoms with Crippen LogP contribution in [0.15, 0.2) is 0 Å². The van der Waals surface area contributed by atoms with Gasteiger partial charge >= 0.3 is 0 Å². The van der Waals surface area contributed by atoms with Crippen LogP contribution in [-0.4, -0.2) is 49.7 Å². The fourth-order valence-electron chi connectivity index (χ4n) is 0.616. The Morgan fingerprint density at radius 3 is 1.38 bits per heavy atom. The number of hydrogen-bond donors (Lipinski definition) is 0. The Hall–Kier alpha value is 1.62. The molecule has 0 saturated carbocycles. The molecule has 0 N–H and O–H groups in total. The van der Waals surface area contributed by atoms with Crippen LogP contribution < -0.4 is 0 Å².